The zero-order chi connectivity index (χ0) is 14.2. The van der Waals surface area contributed by atoms with Gasteiger partial charge in [-0.2, -0.15) is 0 Å². The lowest BCUT2D eigenvalue weighted by Gasteiger charge is -2.22. The molecule has 0 saturated heterocycles. The van der Waals surface area contributed by atoms with E-state index in [0.717, 1.165) is 19.4 Å². The molecule has 0 aromatic heterocycles. The van der Waals surface area contributed by atoms with Crippen molar-refractivity contribution in [3.8, 4) is 0 Å². The van der Waals surface area contributed by atoms with Gasteiger partial charge in [0.2, 0.25) is 0 Å². The molecule has 1 saturated carbocycles. The third-order valence-corrected chi connectivity index (χ3v) is 4.86. The smallest absolute Gasteiger partial charge is 0.123 e. The molecule has 3 rings (SSSR count). The summed E-state index contributed by atoms with van der Waals surface area (Å²) in [5.74, 6) is -0.0997. The maximum absolute atomic E-state index is 13.6. The fourth-order valence-corrected chi connectivity index (χ4v) is 3.92. The summed E-state index contributed by atoms with van der Waals surface area (Å²) in [6.07, 6.45) is 9.77. The molecule has 0 aliphatic heterocycles. The molecule has 0 bridgehead atoms. The molecule has 0 unspecified atom stereocenters. The molecular formula is C18H24FN. The number of nitrogens with zero attached hydrogens (tertiary/aromatic N) is 1. The molecule has 0 N–H and O–H groups in total. The van der Waals surface area contributed by atoms with Crippen molar-refractivity contribution in [2.75, 3.05) is 20.6 Å². The van der Waals surface area contributed by atoms with Crippen LogP contribution in [0.4, 0.5) is 4.39 Å². The molecule has 2 heteroatoms. The Balaban J connectivity index is 1.88. The van der Waals surface area contributed by atoms with Crippen molar-refractivity contribution < 1.29 is 4.39 Å². The van der Waals surface area contributed by atoms with Gasteiger partial charge in [0.25, 0.3) is 0 Å². The number of hydrogen-bond acceptors (Lipinski definition) is 1. The molecular weight excluding hydrogens is 249 g/mol. The lowest BCUT2D eigenvalue weighted by molar-refractivity contribution is 0.403. The van der Waals surface area contributed by atoms with E-state index >= 15 is 0 Å². The quantitative estimate of drug-likeness (QED) is 0.787. The first kappa shape index (κ1) is 13.8. The lowest BCUT2D eigenvalue weighted by atomic mass is 9.81. The van der Waals surface area contributed by atoms with Gasteiger partial charge >= 0.3 is 0 Å². The standard InChI is InChI=1S/C18H24FN/c1-20(2)11-5-6-14-13-18(9-3-4-10-18)17-8-7-15(19)12-16(14)17/h7-8,12-13H,3-6,9-11H2,1-2H3. The maximum Gasteiger partial charge on any atom is 0.123 e. The highest BCUT2D eigenvalue weighted by Gasteiger charge is 2.40. The zero-order valence-electron chi connectivity index (χ0n) is 12.6. The molecule has 2 aliphatic carbocycles. The van der Waals surface area contributed by atoms with Crippen molar-refractivity contribution in [2.45, 2.75) is 43.9 Å². The van der Waals surface area contributed by atoms with Crippen LogP contribution < -0.4 is 0 Å². The highest BCUT2D eigenvalue weighted by Crippen LogP contribution is 2.51. The molecule has 0 atom stereocenters. The Labute approximate surface area is 121 Å². The van der Waals surface area contributed by atoms with E-state index in [-0.39, 0.29) is 11.2 Å². The number of benzene rings is 1. The Kier molecular flexibility index (Phi) is 3.68. The van der Waals surface area contributed by atoms with Crippen LogP contribution in [0, 0.1) is 5.82 Å². The SMILES string of the molecule is CN(C)CCCC1=CC2(CCCC2)c2ccc(F)cc21. The highest BCUT2D eigenvalue weighted by molar-refractivity contribution is 5.77. The van der Waals surface area contributed by atoms with Gasteiger partial charge in [-0.05, 0) is 75.2 Å². The first-order valence-electron chi connectivity index (χ1n) is 7.78. The minimum Gasteiger partial charge on any atom is -0.309 e. The van der Waals surface area contributed by atoms with Gasteiger partial charge in [0, 0.05) is 5.41 Å². The van der Waals surface area contributed by atoms with E-state index in [1.54, 1.807) is 12.1 Å². The van der Waals surface area contributed by atoms with E-state index in [4.69, 9.17) is 0 Å². The van der Waals surface area contributed by atoms with Gasteiger partial charge in [-0.1, -0.05) is 25.0 Å². The molecule has 1 aromatic carbocycles. The van der Waals surface area contributed by atoms with Crippen molar-refractivity contribution in [3.63, 3.8) is 0 Å². The Morgan fingerprint density at radius 3 is 2.65 bits per heavy atom. The van der Waals surface area contributed by atoms with E-state index < -0.39 is 0 Å². The fraction of sp³-hybridized carbons (Fsp3) is 0.556. The topological polar surface area (TPSA) is 3.24 Å². The summed E-state index contributed by atoms with van der Waals surface area (Å²) in [6, 6.07) is 5.42. The van der Waals surface area contributed by atoms with Crippen LogP contribution in [0.25, 0.3) is 5.57 Å². The molecule has 0 amide bonds. The van der Waals surface area contributed by atoms with E-state index in [2.05, 4.69) is 25.1 Å². The molecule has 0 heterocycles. The summed E-state index contributed by atoms with van der Waals surface area (Å²) in [5.41, 5.74) is 4.18. The summed E-state index contributed by atoms with van der Waals surface area (Å²) < 4.78 is 13.6. The molecule has 1 aromatic rings. The predicted molar refractivity (Wildman–Crippen MR) is 82.3 cm³/mol. The van der Waals surface area contributed by atoms with Crippen LogP contribution in [-0.2, 0) is 5.41 Å². The second-order valence-corrected chi connectivity index (χ2v) is 6.63. The summed E-state index contributed by atoms with van der Waals surface area (Å²) >= 11 is 0. The minimum atomic E-state index is -0.0997. The summed E-state index contributed by atoms with van der Waals surface area (Å²) in [6.45, 7) is 1.09. The second kappa shape index (κ2) is 5.33. The Morgan fingerprint density at radius 2 is 1.95 bits per heavy atom. The maximum atomic E-state index is 13.6. The van der Waals surface area contributed by atoms with Crippen molar-refractivity contribution >= 4 is 5.57 Å². The van der Waals surface area contributed by atoms with Crippen molar-refractivity contribution in [3.05, 3.63) is 41.2 Å². The van der Waals surface area contributed by atoms with Crippen LogP contribution in [0.15, 0.2) is 24.3 Å². The molecule has 1 fully saturated rings. The Bertz CT molecular complexity index is 524. The highest BCUT2D eigenvalue weighted by atomic mass is 19.1. The molecule has 1 nitrogen and oxygen atoms in total. The number of rotatable bonds is 4. The third-order valence-electron chi connectivity index (χ3n) is 4.86. The third kappa shape index (κ3) is 2.42. The number of fused-ring (bicyclic) bond motifs is 2. The number of allylic oxidation sites excluding steroid dienone is 2. The summed E-state index contributed by atoms with van der Waals surface area (Å²) in [4.78, 5) is 2.22. The van der Waals surface area contributed by atoms with Crippen molar-refractivity contribution in [1.29, 1.82) is 0 Å². The van der Waals surface area contributed by atoms with Crippen molar-refractivity contribution in [2.24, 2.45) is 0 Å². The van der Waals surface area contributed by atoms with Crippen LogP contribution in [0.1, 0.15) is 49.7 Å². The average molecular weight is 273 g/mol. The van der Waals surface area contributed by atoms with Gasteiger partial charge in [0.15, 0.2) is 0 Å². The molecule has 2 aliphatic rings. The average Bonchev–Trinajstić information content (AvgIpc) is 2.97. The monoisotopic (exact) mass is 273 g/mol. The van der Waals surface area contributed by atoms with Crippen LogP contribution >= 0.6 is 0 Å². The van der Waals surface area contributed by atoms with Crippen LogP contribution in [0.2, 0.25) is 0 Å². The van der Waals surface area contributed by atoms with Gasteiger partial charge in [-0.25, -0.2) is 4.39 Å². The van der Waals surface area contributed by atoms with Gasteiger partial charge in [-0.3, -0.25) is 0 Å². The van der Waals surface area contributed by atoms with Gasteiger partial charge in [0.1, 0.15) is 5.82 Å². The summed E-state index contributed by atoms with van der Waals surface area (Å²) in [7, 11) is 4.21. The van der Waals surface area contributed by atoms with E-state index in [1.165, 1.54) is 42.4 Å². The normalized spacial score (nSPS) is 19.7. The van der Waals surface area contributed by atoms with Crippen LogP contribution in [0.3, 0.4) is 0 Å². The Hall–Kier alpha value is -1.15. The molecule has 0 radical (unpaired) electrons. The lowest BCUT2D eigenvalue weighted by Crippen LogP contribution is -2.16. The van der Waals surface area contributed by atoms with Gasteiger partial charge < -0.3 is 4.90 Å². The van der Waals surface area contributed by atoms with Crippen molar-refractivity contribution in [1.82, 2.24) is 4.90 Å². The predicted octanol–water partition coefficient (Wildman–Crippen LogP) is 4.38. The zero-order valence-corrected chi connectivity index (χ0v) is 12.6. The van der Waals surface area contributed by atoms with Gasteiger partial charge in [0.05, 0.1) is 0 Å². The fourth-order valence-electron chi connectivity index (χ4n) is 3.92. The first-order chi connectivity index (χ1) is 9.61. The molecule has 108 valence electrons. The van der Waals surface area contributed by atoms with E-state index in [0.29, 0.717) is 0 Å². The summed E-state index contributed by atoms with van der Waals surface area (Å²) in [5, 5.41) is 0. The number of halogens is 1. The Morgan fingerprint density at radius 1 is 1.20 bits per heavy atom. The van der Waals surface area contributed by atoms with E-state index in [1.807, 2.05) is 6.07 Å². The minimum absolute atomic E-state index is 0.0997. The van der Waals surface area contributed by atoms with Gasteiger partial charge in [-0.15, -0.1) is 0 Å². The molecule has 20 heavy (non-hydrogen) atoms. The largest absolute Gasteiger partial charge is 0.309 e. The van der Waals surface area contributed by atoms with E-state index in [9.17, 15) is 4.39 Å². The second-order valence-electron chi connectivity index (χ2n) is 6.63. The first-order valence-corrected chi connectivity index (χ1v) is 7.78. The van der Waals surface area contributed by atoms with Crippen LogP contribution in [0.5, 0.6) is 0 Å². The van der Waals surface area contributed by atoms with Crippen LogP contribution in [-0.4, -0.2) is 25.5 Å². The molecule has 1 spiro atoms. The number of hydrogen-bond donors (Lipinski definition) is 0.